The minimum Gasteiger partial charge on any atom is -0.382 e. The number of terminal acetylenes is 1. The van der Waals surface area contributed by atoms with E-state index in [1.54, 1.807) is 7.05 Å². The number of halogens is 1. The highest BCUT2D eigenvalue weighted by Gasteiger charge is 2.15. The van der Waals surface area contributed by atoms with E-state index in [-0.39, 0.29) is 11.1 Å². The predicted octanol–water partition coefficient (Wildman–Crippen LogP) is 1.78. The van der Waals surface area contributed by atoms with E-state index in [0.29, 0.717) is 30.8 Å². The lowest BCUT2D eigenvalue weighted by molar-refractivity contribution is -0.272. The summed E-state index contributed by atoms with van der Waals surface area (Å²) in [7, 11) is 1.67. The first-order valence-electron chi connectivity index (χ1n) is 5.63. The Morgan fingerprint density at radius 2 is 2.32 bits per heavy atom. The molecule has 7 nitrogen and oxygen atoms in total. The number of hydrogen-bond acceptors (Lipinski definition) is 7. The molecule has 8 heteroatoms. The van der Waals surface area contributed by atoms with Gasteiger partial charge in [0.25, 0.3) is 0 Å². The molecule has 1 aromatic rings. The molecule has 0 bridgehead atoms. The van der Waals surface area contributed by atoms with Crippen LogP contribution < -0.4 is 16.4 Å². The second kappa shape index (κ2) is 7.63. The number of hydrogen-bond donors (Lipinski definition) is 4. The van der Waals surface area contributed by atoms with Crippen molar-refractivity contribution >= 4 is 28.9 Å². The summed E-state index contributed by atoms with van der Waals surface area (Å²) in [5.41, 5.74) is 6.18. The zero-order chi connectivity index (χ0) is 14.3. The van der Waals surface area contributed by atoms with Gasteiger partial charge in [-0.25, -0.2) is 10.1 Å². The van der Waals surface area contributed by atoms with Gasteiger partial charge in [0.05, 0.1) is 0 Å². The van der Waals surface area contributed by atoms with E-state index in [4.69, 9.17) is 29.0 Å². The molecule has 0 fully saturated rings. The molecule has 1 aromatic heterocycles. The first-order valence-corrected chi connectivity index (χ1v) is 6.01. The topological polar surface area (TPSA) is 105 Å². The Balaban J connectivity index is 2.81. The van der Waals surface area contributed by atoms with E-state index in [1.807, 2.05) is 0 Å². The molecule has 0 aliphatic heterocycles. The van der Waals surface area contributed by atoms with Crippen molar-refractivity contribution in [3.8, 4) is 12.3 Å². The van der Waals surface area contributed by atoms with Crippen LogP contribution in [0.25, 0.3) is 0 Å². The van der Waals surface area contributed by atoms with Crippen molar-refractivity contribution in [2.24, 2.45) is 0 Å². The summed E-state index contributed by atoms with van der Waals surface area (Å²) in [6.07, 6.45) is 6.28. The molecule has 0 saturated carbocycles. The number of rotatable bonds is 7. The molecule has 104 valence electrons. The van der Waals surface area contributed by atoms with Crippen LogP contribution >= 0.6 is 11.6 Å². The van der Waals surface area contributed by atoms with Crippen LogP contribution in [0, 0.1) is 12.3 Å². The average molecular weight is 286 g/mol. The van der Waals surface area contributed by atoms with Crippen LogP contribution in [0.4, 0.5) is 17.3 Å². The van der Waals surface area contributed by atoms with Crippen LogP contribution in [0.5, 0.6) is 0 Å². The van der Waals surface area contributed by atoms with E-state index in [0.717, 1.165) is 0 Å². The Morgan fingerprint density at radius 3 is 2.89 bits per heavy atom. The highest BCUT2D eigenvalue weighted by atomic mass is 35.5. The first-order chi connectivity index (χ1) is 9.12. The number of aromatic nitrogens is 2. The second-order valence-electron chi connectivity index (χ2n) is 3.69. The quantitative estimate of drug-likeness (QED) is 0.151. The Bertz CT molecular complexity index is 463. The molecule has 1 atom stereocenters. The third-order valence-corrected chi connectivity index (χ3v) is 2.54. The summed E-state index contributed by atoms with van der Waals surface area (Å²) < 4.78 is 0. The van der Waals surface area contributed by atoms with E-state index < -0.39 is 6.23 Å². The summed E-state index contributed by atoms with van der Waals surface area (Å²) in [6, 6.07) is 0. The van der Waals surface area contributed by atoms with Crippen LogP contribution in [0.2, 0.25) is 5.28 Å². The van der Waals surface area contributed by atoms with Gasteiger partial charge in [0.1, 0.15) is 5.69 Å². The minimum absolute atomic E-state index is 0.000635. The number of nitrogens with one attached hydrogen (secondary N) is 2. The van der Waals surface area contributed by atoms with Crippen molar-refractivity contribution in [3.63, 3.8) is 0 Å². The molecule has 0 aliphatic carbocycles. The molecule has 19 heavy (non-hydrogen) atoms. The van der Waals surface area contributed by atoms with Crippen LogP contribution in [-0.4, -0.2) is 28.5 Å². The zero-order valence-electron chi connectivity index (χ0n) is 10.5. The molecule has 5 N–H and O–H groups in total. The SMILES string of the molecule is C#CCCC[C@H](Nc1nc(Cl)nc(N)c1NC)OO. The number of nitrogens with zero attached hydrogens (tertiary/aromatic N) is 2. The Hall–Kier alpha value is -1.75. The average Bonchev–Trinajstić information content (AvgIpc) is 2.37. The molecule has 0 spiro atoms. The van der Waals surface area contributed by atoms with Crippen molar-refractivity contribution in [1.82, 2.24) is 9.97 Å². The summed E-state index contributed by atoms with van der Waals surface area (Å²) in [6.45, 7) is 0. The maximum atomic E-state index is 8.85. The van der Waals surface area contributed by atoms with E-state index in [1.165, 1.54) is 0 Å². The van der Waals surface area contributed by atoms with Crippen molar-refractivity contribution in [1.29, 1.82) is 0 Å². The van der Waals surface area contributed by atoms with Gasteiger partial charge < -0.3 is 16.4 Å². The van der Waals surface area contributed by atoms with Gasteiger partial charge in [-0.2, -0.15) is 9.97 Å². The fraction of sp³-hybridized carbons (Fsp3) is 0.455. The second-order valence-corrected chi connectivity index (χ2v) is 4.02. The molecular weight excluding hydrogens is 270 g/mol. The van der Waals surface area contributed by atoms with Crippen molar-refractivity contribution in [2.45, 2.75) is 25.5 Å². The van der Waals surface area contributed by atoms with Gasteiger partial charge >= 0.3 is 0 Å². The maximum absolute atomic E-state index is 8.85. The number of nitrogens with two attached hydrogens (primary N) is 1. The lowest BCUT2D eigenvalue weighted by Gasteiger charge is -2.18. The fourth-order valence-corrected chi connectivity index (χ4v) is 1.67. The normalized spacial score (nSPS) is 11.7. The number of anilines is 3. The van der Waals surface area contributed by atoms with Crippen LogP contribution in [0.3, 0.4) is 0 Å². The highest BCUT2D eigenvalue weighted by Crippen LogP contribution is 2.27. The first kappa shape index (κ1) is 15.3. The maximum Gasteiger partial charge on any atom is 0.226 e. The largest absolute Gasteiger partial charge is 0.382 e. The van der Waals surface area contributed by atoms with Crippen molar-refractivity contribution in [3.05, 3.63) is 5.28 Å². The van der Waals surface area contributed by atoms with Crippen LogP contribution in [0.15, 0.2) is 0 Å². The van der Waals surface area contributed by atoms with E-state index >= 15 is 0 Å². The fourth-order valence-electron chi connectivity index (χ4n) is 1.49. The van der Waals surface area contributed by atoms with Gasteiger partial charge in [0.2, 0.25) is 5.28 Å². The monoisotopic (exact) mass is 285 g/mol. The standard InChI is InChI=1S/C11H16ClN5O2/c1-3-4-5-6-7(19-18)15-10-8(14-2)9(13)16-11(12)17-10/h1,7,14,18H,4-6H2,2H3,(H3,13,15,16,17)/t7-/m1/s1. The summed E-state index contributed by atoms with van der Waals surface area (Å²) in [4.78, 5) is 12.1. The number of unbranched alkanes of at least 4 members (excludes halogenated alkanes) is 1. The molecule has 0 aromatic carbocycles. The van der Waals surface area contributed by atoms with Crippen LogP contribution in [-0.2, 0) is 4.89 Å². The van der Waals surface area contributed by atoms with E-state index in [9.17, 15) is 0 Å². The predicted molar refractivity (Wildman–Crippen MR) is 74.8 cm³/mol. The van der Waals surface area contributed by atoms with Gasteiger partial charge in [-0.1, -0.05) is 0 Å². The summed E-state index contributed by atoms with van der Waals surface area (Å²) in [5.74, 6) is 3.05. The van der Waals surface area contributed by atoms with Gasteiger partial charge in [-0.05, 0) is 24.4 Å². The third kappa shape index (κ3) is 4.44. The smallest absolute Gasteiger partial charge is 0.226 e. The summed E-state index contributed by atoms with van der Waals surface area (Å²) in [5, 5.41) is 14.6. The van der Waals surface area contributed by atoms with Gasteiger partial charge in [0.15, 0.2) is 17.9 Å². The molecule has 0 amide bonds. The van der Waals surface area contributed by atoms with Gasteiger partial charge in [0, 0.05) is 13.5 Å². The lowest BCUT2D eigenvalue weighted by Crippen LogP contribution is -2.23. The Kier molecular flexibility index (Phi) is 6.15. The molecule has 0 unspecified atom stereocenters. The Morgan fingerprint density at radius 1 is 1.58 bits per heavy atom. The third-order valence-electron chi connectivity index (χ3n) is 2.37. The van der Waals surface area contributed by atoms with Gasteiger partial charge in [-0.15, -0.1) is 12.3 Å². The van der Waals surface area contributed by atoms with Gasteiger partial charge in [-0.3, -0.25) is 0 Å². The van der Waals surface area contributed by atoms with Crippen LogP contribution in [0.1, 0.15) is 19.3 Å². The number of nitrogen functional groups attached to an aromatic ring is 1. The lowest BCUT2D eigenvalue weighted by atomic mass is 10.2. The molecule has 1 heterocycles. The molecule has 0 saturated heterocycles. The minimum atomic E-state index is -0.661. The molecule has 1 rings (SSSR count). The summed E-state index contributed by atoms with van der Waals surface area (Å²) >= 11 is 5.73. The Labute approximate surface area is 116 Å². The molecule has 0 aliphatic rings. The molecular formula is C11H16ClN5O2. The van der Waals surface area contributed by atoms with E-state index in [2.05, 4.69) is 31.4 Å². The zero-order valence-corrected chi connectivity index (χ0v) is 11.2. The highest BCUT2D eigenvalue weighted by molar-refractivity contribution is 6.28. The van der Waals surface area contributed by atoms with Crippen molar-refractivity contribution < 1.29 is 10.1 Å². The van der Waals surface area contributed by atoms with Crippen molar-refractivity contribution in [2.75, 3.05) is 23.4 Å². The molecule has 0 radical (unpaired) electrons.